The van der Waals surface area contributed by atoms with Crippen LogP contribution in [0.1, 0.15) is 26.2 Å². The van der Waals surface area contributed by atoms with Gasteiger partial charge < -0.3 is 4.79 Å². The maximum atomic E-state index is 10.0. The molecule has 2 unspecified atom stereocenters. The van der Waals surface area contributed by atoms with Crippen molar-refractivity contribution in [3.63, 3.8) is 0 Å². The van der Waals surface area contributed by atoms with Crippen LogP contribution in [0.5, 0.6) is 0 Å². The average Bonchev–Trinajstić information content (AvgIpc) is 2.14. The molecule has 1 nitrogen and oxygen atoms in total. The molecule has 2 atom stereocenters. The molecule has 1 rings (SSSR count). The quantitative estimate of drug-likeness (QED) is 0.586. The Kier molecular flexibility index (Phi) is 4.96. The molecular formula is C7H11OY-. The minimum atomic E-state index is 0. The summed E-state index contributed by atoms with van der Waals surface area (Å²) in [5.74, 6) is 1.03. The molecule has 0 aromatic carbocycles. The first-order valence-electron chi connectivity index (χ1n) is 3.20. The van der Waals surface area contributed by atoms with Gasteiger partial charge in [0.05, 0.1) is 0 Å². The topological polar surface area (TPSA) is 17.1 Å². The molecule has 0 heterocycles. The zero-order chi connectivity index (χ0) is 5.98. The van der Waals surface area contributed by atoms with E-state index in [0.717, 1.165) is 18.8 Å². The van der Waals surface area contributed by atoms with Gasteiger partial charge in [-0.15, -0.1) is 5.92 Å². The summed E-state index contributed by atoms with van der Waals surface area (Å²) in [6.45, 7) is 2.19. The van der Waals surface area contributed by atoms with Gasteiger partial charge in [-0.25, -0.2) is 0 Å². The van der Waals surface area contributed by atoms with Gasteiger partial charge in [0.25, 0.3) is 0 Å². The van der Waals surface area contributed by atoms with E-state index in [9.17, 15) is 4.79 Å². The minimum absolute atomic E-state index is 0. The van der Waals surface area contributed by atoms with Crippen LogP contribution in [-0.4, -0.2) is 6.29 Å². The molecule has 1 radical (unpaired) electrons. The summed E-state index contributed by atoms with van der Waals surface area (Å²) < 4.78 is 0. The smallest absolute Gasteiger partial charge is 0 e. The van der Waals surface area contributed by atoms with E-state index >= 15 is 0 Å². The van der Waals surface area contributed by atoms with Gasteiger partial charge in [-0.1, -0.05) is 26.2 Å². The van der Waals surface area contributed by atoms with E-state index in [2.05, 4.69) is 6.92 Å². The maximum absolute atomic E-state index is 10.0. The molecule has 0 amide bonds. The minimum Gasteiger partial charge on any atom is -0.542 e. The monoisotopic (exact) mass is 200 g/mol. The van der Waals surface area contributed by atoms with E-state index in [1.807, 2.05) is 6.29 Å². The largest absolute Gasteiger partial charge is 0.542 e. The molecular weight excluding hydrogens is 189 g/mol. The fourth-order valence-electron chi connectivity index (χ4n) is 1.31. The van der Waals surface area contributed by atoms with Crippen LogP contribution in [0.2, 0.25) is 0 Å². The Morgan fingerprint density at radius 2 is 2.11 bits per heavy atom. The molecule has 0 aromatic rings. The summed E-state index contributed by atoms with van der Waals surface area (Å²) in [4.78, 5) is 10.0. The van der Waals surface area contributed by atoms with Crippen molar-refractivity contribution in [1.29, 1.82) is 0 Å². The third kappa shape index (κ3) is 2.90. The van der Waals surface area contributed by atoms with Crippen LogP contribution in [-0.2, 0) is 37.5 Å². The Morgan fingerprint density at radius 3 is 2.33 bits per heavy atom. The molecule has 1 aliphatic carbocycles. The number of rotatable bonds is 1. The summed E-state index contributed by atoms with van der Waals surface area (Å²) in [6.07, 6.45) is 5.41. The van der Waals surface area contributed by atoms with Crippen LogP contribution < -0.4 is 0 Å². The summed E-state index contributed by atoms with van der Waals surface area (Å²) >= 11 is 0. The van der Waals surface area contributed by atoms with E-state index in [0.29, 0.717) is 0 Å². The van der Waals surface area contributed by atoms with E-state index in [1.165, 1.54) is 6.42 Å². The van der Waals surface area contributed by atoms with Gasteiger partial charge in [-0.05, 0) is 5.92 Å². The maximum Gasteiger partial charge on any atom is 0 e. The summed E-state index contributed by atoms with van der Waals surface area (Å²) in [6, 6.07) is 0. The first kappa shape index (κ1) is 9.77. The van der Waals surface area contributed by atoms with Crippen LogP contribution >= 0.6 is 0 Å². The van der Waals surface area contributed by atoms with Gasteiger partial charge in [0.2, 0.25) is 0 Å². The Bertz CT molecular complexity index is 92.9. The Hall–Kier alpha value is 0.774. The number of hydrogen-bond acceptors (Lipinski definition) is 1. The average molecular weight is 200 g/mol. The molecule has 9 heavy (non-hydrogen) atoms. The van der Waals surface area contributed by atoms with Crippen LogP contribution in [0.4, 0.5) is 0 Å². The fourth-order valence-corrected chi connectivity index (χ4v) is 1.31. The first-order chi connectivity index (χ1) is 3.83. The number of carbonyl (C=O) groups excluding carboxylic acids is 1. The molecule has 0 saturated heterocycles. The Balaban J connectivity index is 0.000000640. The predicted octanol–water partition coefficient (Wildman–Crippen LogP) is 1.53. The summed E-state index contributed by atoms with van der Waals surface area (Å²) in [7, 11) is 0. The van der Waals surface area contributed by atoms with Gasteiger partial charge in [0.1, 0.15) is 0 Å². The van der Waals surface area contributed by atoms with Gasteiger partial charge in [-0.2, -0.15) is 0 Å². The van der Waals surface area contributed by atoms with Gasteiger partial charge in [0.15, 0.2) is 0 Å². The van der Waals surface area contributed by atoms with Crippen molar-refractivity contribution >= 4 is 6.29 Å². The normalized spacial score (nSPS) is 33.4. The predicted molar refractivity (Wildman–Crippen MR) is 32.2 cm³/mol. The second kappa shape index (κ2) is 4.57. The molecule has 0 N–H and O–H groups in total. The number of hydrogen-bond donors (Lipinski definition) is 0. The molecule has 0 spiro atoms. The molecule has 0 aliphatic heterocycles. The van der Waals surface area contributed by atoms with E-state index in [4.69, 9.17) is 0 Å². The van der Waals surface area contributed by atoms with E-state index in [1.54, 1.807) is 0 Å². The molecule has 0 aromatic heterocycles. The molecule has 1 saturated carbocycles. The van der Waals surface area contributed by atoms with Crippen molar-refractivity contribution < 1.29 is 37.5 Å². The SMILES string of the molecule is CC1CCC([C-]=O)C1.[Y]. The van der Waals surface area contributed by atoms with Gasteiger partial charge in [-0.3, -0.25) is 6.29 Å². The van der Waals surface area contributed by atoms with Crippen molar-refractivity contribution in [1.82, 2.24) is 0 Å². The van der Waals surface area contributed by atoms with Crippen molar-refractivity contribution in [2.24, 2.45) is 11.8 Å². The molecule has 49 valence electrons. The van der Waals surface area contributed by atoms with Crippen LogP contribution in [0.25, 0.3) is 0 Å². The third-order valence-electron chi connectivity index (χ3n) is 1.86. The second-order valence-electron chi connectivity index (χ2n) is 2.73. The molecule has 0 bridgehead atoms. The van der Waals surface area contributed by atoms with Crippen molar-refractivity contribution in [2.45, 2.75) is 26.2 Å². The third-order valence-corrected chi connectivity index (χ3v) is 1.86. The molecule has 2 heteroatoms. The van der Waals surface area contributed by atoms with Crippen molar-refractivity contribution in [3.8, 4) is 0 Å². The van der Waals surface area contributed by atoms with Crippen molar-refractivity contribution in [3.05, 3.63) is 0 Å². The first-order valence-corrected chi connectivity index (χ1v) is 3.20. The van der Waals surface area contributed by atoms with Gasteiger partial charge >= 0.3 is 0 Å². The standard InChI is InChI=1S/C7H11O.Y/c1-6-2-3-7(4-6)5-8;/h6-7H,2-4H2,1H3;/q-1;. The van der Waals surface area contributed by atoms with Gasteiger partial charge in [0, 0.05) is 32.7 Å². The van der Waals surface area contributed by atoms with E-state index in [-0.39, 0.29) is 38.6 Å². The molecule has 1 fully saturated rings. The van der Waals surface area contributed by atoms with Crippen LogP contribution in [0, 0.1) is 11.8 Å². The molecule has 1 aliphatic rings. The summed E-state index contributed by atoms with van der Waals surface area (Å²) in [5, 5.41) is 0. The second-order valence-corrected chi connectivity index (χ2v) is 2.73. The zero-order valence-corrected chi connectivity index (χ0v) is 8.60. The van der Waals surface area contributed by atoms with Crippen LogP contribution in [0.15, 0.2) is 0 Å². The van der Waals surface area contributed by atoms with E-state index < -0.39 is 0 Å². The summed E-state index contributed by atoms with van der Waals surface area (Å²) in [5.41, 5.74) is 0. The zero-order valence-electron chi connectivity index (χ0n) is 5.76. The Labute approximate surface area is 81.5 Å². The fraction of sp³-hybridized carbons (Fsp3) is 0.857. The Morgan fingerprint density at radius 1 is 1.44 bits per heavy atom. The van der Waals surface area contributed by atoms with Crippen molar-refractivity contribution in [2.75, 3.05) is 0 Å². The van der Waals surface area contributed by atoms with Crippen LogP contribution in [0.3, 0.4) is 0 Å².